The molecule has 0 amide bonds. The molecule has 1 N–H and O–H groups in total. The molecule has 1 aliphatic heterocycles. The summed E-state index contributed by atoms with van der Waals surface area (Å²) in [5, 5.41) is 5.73. The summed E-state index contributed by atoms with van der Waals surface area (Å²) in [4.78, 5) is 1.53. The molecule has 0 spiro atoms. The van der Waals surface area contributed by atoms with Gasteiger partial charge in [-0.3, -0.25) is 0 Å². The SMILES string of the molecule is CC1(C)CC(Cc2cccs2)CN1. The second kappa shape index (κ2) is 3.43. The minimum Gasteiger partial charge on any atom is -0.311 e. The van der Waals surface area contributed by atoms with Crippen molar-refractivity contribution < 1.29 is 0 Å². The molecule has 1 atom stereocenters. The third kappa shape index (κ3) is 2.32. The zero-order chi connectivity index (χ0) is 9.31. The monoisotopic (exact) mass is 195 g/mol. The van der Waals surface area contributed by atoms with Crippen molar-refractivity contribution in [2.75, 3.05) is 6.54 Å². The summed E-state index contributed by atoms with van der Waals surface area (Å²) in [5.74, 6) is 0.841. The molecule has 0 aromatic carbocycles. The van der Waals surface area contributed by atoms with Gasteiger partial charge in [0, 0.05) is 10.4 Å². The zero-order valence-electron chi connectivity index (χ0n) is 8.34. The lowest BCUT2D eigenvalue weighted by molar-refractivity contribution is 0.441. The molecule has 0 bridgehead atoms. The van der Waals surface area contributed by atoms with E-state index in [2.05, 4.69) is 36.7 Å². The van der Waals surface area contributed by atoms with E-state index in [9.17, 15) is 0 Å². The highest BCUT2D eigenvalue weighted by atomic mass is 32.1. The number of thiophene rings is 1. The molecule has 2 heteroatoms. The largest absolute Gasteiger partial charge is 0.311 e. The molecular weight excluding hydrogens is 178 g/mol. The summed E-state index contributed by atoms with van der Waals surface area (Å²) in [6.45, 7) is 5.77. The van der Waals surface area contributed by atoms with Gasteiger partial charge in [-0.25, -0.2) is 0 Å². The van der Waals surface area contributed by atoms with Crippen LogP contribution in [-0.4, -0.2) is 12.1 Å². The maximum absolute atomic E-state index is 3.56. The van der Waals surface area contributed by atoms with Crippen LogP contribution in [0, 0.1) is 5.92 Å². The predicted molar refractivity (Wildman–Crippen MR) is 58.2 cm³/mol. The molecule has 2 heterocycles. The van der Waals surface area contributed by atoms with E-state index in [4.69, 9.17) is 0 Å². The maximum atomic E-state index is 3.56. The van der Waals surface area contributed by atoms with Crippen LogP contribution >= 0.6 is 11.3 Å². The quantitative estimate of drug-likeness (QED) is 0.765. The molecular formula is C11H17NS. The van der Waals surface area contributed by atoms with Crippen LogP contribution < -0.4 is 5.32 Å². The van der Waals surface area contributed by atoms with Gasteiger partial charge in [0.15, 0.2) is 0 Å². The first-order chi connectivity index (χ1) is 6.16. The van der Waals surface area contributed by atoms with Crippen molar-refractivity contribution in [1.29, 1.82) is 0 Å². The highest BCUT2D eigenvalue weighted by Crippen LogP contribution is 2.27. The van der Waals surface area contributed by atoms with Gasteiger partial charge < -0.3 is 5.32 Å². The molecule has 2 rings (SSSR count). The van der Waals surface area contributed by atoms with Crippen molar-refractivity contribution in [3.05, 3.63) is 22.4 Å². The molecule has 0 aliphatic carbocycles. The van der Waals surface area contributed by atoms with Crippen LogP contribution in [0.5, 0.6) is 0 Å². The van der Waals surface area contributed by atoms with E-state index in [1.54, 1.807) is 0 Å². The lowest BCUT2D eigenvalue weighted by Crippen LogP contribution is -2.31. The molecule has 1 fully saturated rings. The summed E-state index contributed by atoms with van der Waals surface area (Å²) >= 11 is 1.88. The standard InChI is InChI=1S/C11H17NS/c1-11(2)7-9(8-12-11)6-10-4-3-5-13-10/h3-5,9,12H,6-8H2,1-2H3. The Morgan fingerprint density at radius 3 is 3.00 bits per heavy atom. The van der Waals surface area contributed by atoms with Crippen molar-refractivity contribution >= 4 is 11.3 Å². The Kier molecular flexibility index (Phi) is 2.43. The molecule has 1 aliphatic rings. The summed E-state index contributed by atoms with van der Waals surface area (Å²) in [6, 6.07) is 4.39. The van der Waals surface area contributed by atoms with Gasteiger partial charge in [0.2, 0.25) is 0 Å². The van der Waals surface area contributed by atoms with Crippen LogP contribution in [0.15, 0.2) is 17.5 Å². The maximum Gasteiger partial charge on any atom is 0.0128 e. The summed E-state index contributed by atoms with van der Waals surface area (Å²) in [7, 11) is 0. The van der Waals surface area contributed by atoms with Gasteiger partial charge in [-0.1, -0.05) is 6.07 Å². The topological polar surface area (TPSA) is 12.0 Å². The van der Waals surface area contributed by atoms with Crippen molar-refractivity contribution in [3.63, 3.8) is 0 Å². The van der Waals surface area contributed by atoms with Gasteiger partial charge in [0.05, 0.1) is 0 Å². The van der Waals surface area contributed by atoms with Gasteiger partial charge in [-0.2, -0.15) is 0 Å². The first kappa shape index (κ1) is 9.22. The first-order valence-electron chi connectivity index (χ1n) is 4.93. The van der Waals surface area contributed by atoms with Gasteiger partial charge in [-0.15, -0.1) is 11.3 Å². The fraction of sp³-hybridized carbons (Fsp3) is 0.636. The van der Waals surface area contributed by atoms with Crippen LogP contribution in [0.3, 0.4) is 0 Å². The van der Waals surface area contributed by atoms with Crippen LogP contribution in [-0.2, 0) is 6.42 Å². The van der Waals surface area contributed by atoms with E-state index in [0.717, 1.165) is 5.92 Å². The second-order valence-corrected chi connectivity index (χ2v) is 5.65. The first-order valence-corrected chi connectivity index (χ1v) is 5.81. The molecule has 1 aromatic rings. The number of nitrogens with one attached hydrogen (secondary N) is 1. The fourth-order valence-corrected chi connectivity index (χ4v) is 2.97. The van der Waals surface area contributed by atoms with Gasteiger partial charge in [0.25, 0.3) is 0 Å². The summed E-state index contributed by atoms with van der Waals surface area (Å²) < 4.78 is 0. The lowest BCUT2D eigenvalue weighted by Gasteiger charge is -2.17. The number of rotatable bonds is 2. The molecule has 13 heavy (non-hydrogen) atoms. The fourth-order valence-electron chi connectivity index (χ4n) is 2.14. The van der Waals surface area contributed by atoms with E-state index in [1.807, 2.05) is 11.3 Å². The number of hydrogen-bond acceptors (Lipinski definition) is 2. The molecule has 1 nitrogen and oxygen atoms in total. The van der Waals surface area contributed by atoms with E-state index >= 15 is 0 Å². The molecule has 0 radical (unpaired) electrons. The van der Waals surface area contributed by atoms with Gasteiger partial charge >= 0.3 is 0 Å². The second-order valence-electron chi connectivity index (χ2n) is 4.62. The van der Waals surface area contributed by atoms with Crippen LogP contribution in [0.4, 0.5) is 0 Å². The Hall–Kier alpha value is -0.340. The Balaban J connectivity index is 1.91. The van der Waals surface area contributed by atoms with Crippen molar-refractivity contribution in [2.24, 2.45) is 5.92 Å². The van der Waals surface area contributed by atoms with Gasteiger partial charge in [-0.05, 0) is 50.6 Å². The van der Waals surface area contributed by atoms with E-state index in [0.29, 0.717) is 5.54 Å². The molecule has 1 saturated heterocycles. The minimum absolute atomic E-state index is 0.363. The molecule has 72 valence electrons. The van der Waals surface area contributed by atoms with E-state index in [1.165, 1.54) is 24.3 Å². The predicted octanol–water partition coefficient (Wildman–Crippen LogP) is 2.68. The highest BCUT2D eigenvalue weighted by Gasteiger charge is 2.29. The Morgan fingerprint density at radius 1 is 1.62 bits per heavy atom. The Bertz CT molecular complexity index is 264. The Labute approximate surface area is 84.2 Å². The zero-order valence-corrected chi connectivity index (χ0v) is 9.16. The normalized spacial score (nSPS) is 26.5. The van der Waals surface area contributed by atoms with Gasteiger partial charge in [0.1, 0.15) is 0 Å². The minimum atomic E-state index is 0.363. The smallest absolute Gasteiger partial charge is 0.0128 e. The number of hydrogen-bond donors (Lipinski definition) is 1. The van der Waals surface area contributed by atoms with Crippen molar-refractivity contribution in [1.82, 2.24) is 5.32 Å². The van der Waals surface area contributed by atoms with Crippen LogP contribution in [0.2, 0.25) is 0 Å². The van der Waals surface area contributed by atoms with E-state index < -0.39 is 0 Å². The Morgan fingerprint density at radius 2 is 2.46 bits per heavy atom. The van der Waals surface area contributed by atoms with E-state index in [-0.39, 0.29) is 0 Å². The van der Waals surface area contributed by atoms with Crippen LogP contribution in [0.25, 0.3) is 0 Å². The van der Waals surface area contributed by atoms with Crippen molar-refractivity contribution in [3.8, 4) is 0 Å². The average molecular weight is 195 g/mol. The average Bonchev–Trinajstić information content (AvgIpc) is 2.61. The van der Waals surface area contributed by atoms with Crippen LogP contribution in [0.1, 0.15) is 25.1 Å². The molecule has 1 aromatic heterocycles. The molecule has 1 unspecified atom stereocenters. The molecule has 0 saturated carbocycles. The third-order valence-electron chi connectivity index (χ3n) is 2.74. The third-order valence-corrected chi connectivity index (χ3v) is 3.64. The summed E-state index contributed by atoms with van der Waals surface area (Å²) in [5.41, 5.74) is 0.363. The van der Waals surface area contributed by atoms with Crippen molar-refractivity contribution in [2.45, 2.75) is 32.2 Å². The summed E-state index contributed by atoms with van der Waals surface area (Å²) in [6.07, 6.45) is 2.57. The highest BCUT2D eigenvalue weighted by molar-refractivity contribution is 7.09. The lowest BCUT2D eigenvalue weighted by atomic mass is 9.94.